The van der Waals surface area contributed by atoms with Crippen molar-refractivity contribution in [3.63, 3.8) is 0 Å². The van der Waals surface area contributed by atoms with Gasteiger partial charge in [0.15, 0.2) is 4.80 Å². The van der Waals surface area contributed by atoms with Gasteiger partial charge >= 0.3 is 0 Å². The fourth-order valence-corrected chi connectivity index (χ4v) is 6.78. The maximum atomic E-state index is 13.2. The Labute approximate surface area is 192 Å². The predicted molar refractivity (Wildman–Crippen MR) is 128 cm³/mol. The predicted octanol–water partition coefficient (Wildman–Crippen LogP) is 4.09. The SMILES string of the molecule is C=CCn1c(=NC(=O)C2CCCN2S(=O)(=O)c2ccc(C)cc2)sc2cc(C)c(C)cc21. The molecule has 1 aromatic heterocycles. The monoisotopic (exact) mass is 469 g/mol. The Balaban J connectivity index is 1.74. The average molecular weight is 470 g/mol. The molecule has 0 saturated carbocycles. The summed E-state index contributed by atoms with van der Waals surface area (Å²) in [7, 11) is -3.77. The van der Waals surface area contributed by atoms with Gasteiger partial charge in [-0.1, -0.05) is 35.1 Å². The highest BCUT2D eigenvalue weighted by Gasteiger charge is 2.39. The standard InChI is InChI=1S/C24H27N3O3S2/c1-5-12-26-21-14-17(3)18(4)15-22(21)31-24(26)25-23(28)20-7-6-13-27(20)32(29,30)19-10-8-16(2)9-11-19/h5,8-11,14-15,20H,1,6-7,12-13H2,2-4H3. The van der Waals surface area contributed by atoms with Crippen LogP contribution in [-0.2, 0) is 21.4 Å². The van der Waals surface area contributed by atoms with Crippen molar-refractivity contribution in [1.29, 1.82) is 0 Å². The van der Waals surface area contributed by atoms with E-state index in [1.165, 1.54) is 21.2 Å². The van der Waals surface area contributed by atoms with Crippen LogP contribution in [0.5, 0.6) is 0 Å². The lowest BCUT2D eigenvalue weighted by Gasteiger charge is -2.21. The van der Waals surface area contributed by atoms with Gasteiger partial charge in [0.25, 0.3) is 5.91 Å². The van der Waals surface area contributed by atoms with E-state index in [1.807, 2.05) is 11.5 Å². The van der Waals surface area contributed by atoms with E-state index in [1.54, 1.807) is 30.3 Å². The van der Waals surface area contributed by atoms with E-state index in [9.17, 15) is 13.2 Å². The number of sulfonamides is 1. The van der Waals surface area contributed by atoms with Gasteiger partial charge in [-0.25, -0.2) is 8.42 Å². The highest BCUT2D eigenvalue weighted by atomic mass is 32.2. The zero-order valence-electron chi connectivity index (χ0n) is 18.5. The molecule has 1 atom stereocenters. The van der Waals surface area contributed by atoms with E-state index in [0.29, 0.717) is 30.7 Å². The van der Waals surface area contributed by atoms with E-state index in [2.05, 4.69) is 37.6 Å². The summed E-state index contributed by atoms with van der Waals surface area (Å²) in [6, 6.07) is 10.1. The van der Waals surface area contributed by atoms with Crippen molar-refractivity contribution in [1.82, 2.24) is 8.87 Å². The van der Waals surface area contributed by atoms with Crippen LogP contribution in [0.4, 0.5) is 0 Å². The lowest BCUT2D eigenvalue weighted by molar-refractivity contribution is -0.121. The third-order valence-electron chi connectivity index (χ3n) is 5.93. The normalized spacial score (nSPS) is 17.8. The van der Waals surface area contributed by atoms with Gasteiger partial charge in [0.2, 0.25) is 10.0 Å². The molecule has 168 valence electrons. The lowest BCUT2D eigenvalue weighted by Crippen LogP contribution is -2.40. The molecule has 0 bridgehead atoms. The quantitative estimate of drug-likeness (QED) is 0.528. The smallest absolute Gasteiger partial charge is 0.266 e. The first kappa shape index (κ1) is 22.6. The first-order valence-corrected chi connectivity index (χ1v) is 12.9. The number of aryl methyl sites for hydroxylation is 3. The van der Waals surface area contributed by atoms with Crippen LogP contribution >= 0.6 is 11.3 Å². The van der Waals surface area contributed by atoms with Crippen LogP contribution < -0.4 is 4.80 Å². The van der Waals surface area contributed by atoms with E-state index >= 15 is 0 Å². The third kappa shape index (κ3) is 4.10. The molecular formula is C24H27N3O3S2. The molecule has 1 saturated heterocycles. The van der Waals surface area contributed by atoms with Gasteiger partial charge in [0, 0.05) is 13.1 Å². The molecule has 0 spiro atoms. The second-order valence-corrected chi connectivity index (χ2v) is 11.1. The number of carbonyl (C=O) groups excluding carboxylic acids is 1. The van der Waals surface area contributed by atoms with E-state index in [4.69, 9.17) is 0 Å². The van der Waals surface area contributed by atoms with Gasteiger partial charge in [0.1, 0.15) is 6.04 Å². The van der Waals surface area contributed by atoms with E-state index in [-0.39, 0.29) is 4.90 Å². The van der Waals surface area contributed by atoms with Crippen molar-refractivity contribution >= 4 is 37.5 Å². The summed E-state index contributed by atoms with van der Waals surface area (Å²) in [5.41, 5.74) is 4.32. The number of allylic oxidation sites excluding steroid dienone is 1. The first-order valence-electron chi connectivity index (χ1n) is 10.6. The Kier molecular flexibility index (Phi) is 6.20. The van der Waals surface area contributed by atoms with E-state index in [0.717, 1.165) is 21.3 Å². The summed E-state index contributed by atoms with van der Waals surface area (Å²) in [5.74, 6) is -0.420. The number of carbonyl (C=O) groups is 1. The van der Waals surface area contributed by atoms with Crippen LogP contribution in [0, 0.1) is 20.8 Å². The van der Waals surface area contributed by atoms with Crippen LogP contribution in [0.1, 0.15) is 29.5 Å². The van der Waals surface area contributed by atoms with Crippen molar-refractivity contribution in [2.24, 2.45) is 4.99 Å². The maximum Gasteiger partial charge on any atom is 0.266 e. The molecule has 1 aliphatic heterocycles. The van der Waals surface area contributed by atoms with Gasteiger partial charge in [-0.15, -0.1) is 6.58 Å². The van der Waals surface area contributed by atoms with Gasteiger partial charge in [-0.2, -0.15) is 9.30 Å². The molecule has 1 unspecified atom stereocenters. The van der Waals surface area contributed by atoms with Crippen LogP contribution in [0.15, 0.2) is 58.9 Å². The minimum absolute atomic E-state index is 0.206. The zero-order valence-corrected chi connectivity index (χ0v) is 20.2. The third-order valence-corrected chi connectivity index (χ3v) is 8.90. The number of benzene rings is 2. The van der Waals surface area contributed by atoms with Crippen molar-refractivity contribution in [2.45, 2.75) is 51.1 Å². The summed E-state index contributed by atoms with van der Waals surface area (Å²) in [6.45, 7) is 10.7. The zero-order chi connectivity index (χ0) is 23.0. The lowest BCUT2D eigenvalue weighted by atomic mass is 10.1. The Morgan fingerprint density at radius 3 is 2.56 bits per heavy atom. The molecule has 0 N–H and O–H groups in total. The Morgan fingerprint density at radius 2 is 1.88 bits per heavy atom. The minimum atomic E-state index is -3.77. The van der Waals surface area contributed by atoms with Crippen molar-refractivity contribution in [3.05, 3.63) is 70.5 Å². The fourth-order valence-electron chi connectivity index (χ4n) is 4.00. The highest BCUT2D eigenvalue weighted by molar-refractivity contribution is 7.89. The fraction of sp³-hybridized carbons (Fsp3) is 0.333. The average Bonchev–Trinajstić information content (AvgIpc) is 3.36. The maximum absolute atomic E-state index is 13.2. The molecule has 32 heavy (non-hydrogen) atoms. The van der Waals surface area contributed by atoms with Crippen LogP contribution in [-0.4, -0.2) is 35.8 Å². The Bertz CT molecular complexity index is 1370. The number of aromatic nitrogens is 1. The molecular weight excluding hydrogens is 442 g/mol. The molecule has 1 fully saturated rings. The Morgan fingerprint density at radius 1 is 1.19 bits per heavy atom. The molecule has 3 aromatic rings. The summed E-state index contributed by atoms with van der Waals surface area (Å²) < 4.78 is 30.7. The first-order chi connectivity index (χ1) is 15.2. The van der Waals surface area contributed by atoms with Crippen molar-refractivity contribution in [2.75, 3.05) is 6.54 Å². The number of nitrogens with zero attached hydrogens (tertiary/aromatic N) is 3. The second kappa shape index (κ2) is 8.77. The molecule has 1 amide bonds. The summed E-state index contributed by atoms with van der Waals surface area (Å²) in [4.78, 5) is 18.4. The summed E-state index contributed by atoms with van der Waals surface area (Å²) >= 11 is 1.44. The van der Waals surface area contributed by atoms with Crippen molar-refractivity contribution < 1.29 is 13.2 Å². The minimum Gasteiger partial charge on any atom is -0.312 e. The molecule has 4 rings (SSSR count). The topological polar surface area (TPSA) is 71.7 Å². The van der Waals surface area contributed by atoms with Gasteiger partial charge in [-0.3, -0.25) is 4.79 Å². The van der Waals surface area contributed by atoms with Crippen LogP contribution in [0.25, 0.3) is 10.2 Å². The van der Waals surface area contributed by atoms with Crippen LogP contribution in [0.2, 0.25) is 0 Å². The number of hydrogen-bond acceptors (Lipinski definition) is 4. The van der Waals surface area contributed by atoms with Gasteiger partial charge < -0.3 is 4.57 Å². The molecule has 6 nitrogen and oxygen atoms in total. The van der Waals surface area contributed by atoms with Gasteiger partial charge in [0.05, 0.1) is 15.1 Å². The van der Waals surface area contributed by atoms with E-state index < -0.39 is 22.0 Å². The molecule has 2 aromatic carbocycles. The molecule has 0 aliphatic carbocycles. The largest absolute Gasteiger partial charge is 0.312 e. The number of thiazole rings is 1. The molecule has 1 aliphatic rings. The second-order valence-electron chi connectivity index (χ2n) is 8.22. The molecule has 0 radical (unpaired) electrons. The molecule has 8 heteroatoms. The highest BCUT2D eigenvalue weighted by Crippen LogP contribution is 2.27. The number of fused-ring (bicyclic) bond motifs is 1. The summed E-state index contributed by atoms with van der Waals surface area (Å²) in [5, 5.41) is 0. The molecule has 2 heterocycles. The number of amides is 1. The Hall–Kier alpha value is -2.55. The number of hydrogen-bond donors (Lipinski definition) is 0. The van der Waals surface area contributed by atoms with Crippen LogP contribution in [0.3, 0.4) is 0 Å². The summed E-state index contributed by atoms with van der Waals surface area (Å²) in [6.07, 6.45) is 2.88. The number of rotatable bonds is 5. The van der Waals surface area contributed by atoms with Gasteiger partial charge in [-0.05, 0) is 69.0 Å². The van der Waals surface area contributed by atoms with Crippen molar-refractivity contribution in [3.8, 4) is 0 Å².